The third kappa shape index (κ3) is 16.9. The molecule has 5 heteroatoms. The molecule has 0 fully saturated rings. The van der Waals surface area contributed by atoms with Gasteiger partial charge in [0.1, 0.15) is 0 Å². The molecule has 5 nitrogen and oxygen atoms in total. The van der Waals surface area contributed by atoms with Gasteiger partial charge in [-0.25, -0.2) is 0 Å². The molecule has 0 aromatic heterocycles. The molecular weight excluding hydrogens is 290 g/mol. The van der Waals surface area contributed by atoms with Gasteiger partial charge in [0.15, 0.2) is 0 Å². The fraction of sp³-hybridized carbons (Fsp3) is 0.889. The number of aliphatic carboxylic acids is 1. The summed E-state index contributed by atoms with van der Waals surface area (Å²) in [5, 5.41) is 13.5. The SMILES string of the molecule is C[N+](C)=C(N)NCCCCCCCCCCCCCCC(=O)[O-]. The molecule has 0 aliphatic carbocycles. The monoisotopic (exact) mass is 327 g/mol. The van der Waals surface area contributed by atoms with E-state index in [1.54, 1.807) is 0 Å². The summed E-state index contributed by atoms with van der Waals surface area (Å²) in [6.45, 7) is 0.960. The molecule has 23 heavy (non-hydrogen) atoms. The predicted molar refractivity (Wildman–Crippen MR) is 94.3 cm³/mol. The van der Waals surface area contributed by atoms with Crippen molar-refractivity contribution in [3.05, 3.63) is 0 Å². The van der Waals surface area contributed by atoms with Crippen LogP contribution in [0, 0.1) is 0 Å². The first-order valence-corrected chi connectivity index (χ1v) is 9.27. The van der Waals surface area contributed by atoms with Crippen molar-refractivity contribution in [3.8, 4) is 0 Å². The van der Waals surface area contributed by atoms with Crippen LogP contribution in [0.1, 0.15) is 83.5 Å². The largest absolute Gasteiger partial charge is 0.550 e. The van der Waals surface area contributed by atoms with Crippen LogP contribution in [-0.4, -0.2) is 37.1 Å². The molecular formula is C18H37N3O2. The third-order valence-corrected chi connectivity index (χ3v) is 4.10. The Morgan fingerprint density at radius 2 is 1.22 bits per heavy atom. The molecule has 136 valence electrons. The number of guanidine groups is 1. The van der Waals surface area contributed by atoms with Gasteiger partial charge in [-0.05, 0) is 19.3 Å². The molecule has 3 N–H and O–H groups in total. The molecule has 0 unspecified atom stereocenters. The number of nitrogens with one attached hydrogen (secondary N) is 1. The molecule has 0 spiro atoms. The van der Waals surface area contributed by atoms with Gasteiger partial charge >= 0.3 is 5.96 Å². The second-order valence-corrected chi connectivity index (χ2v) is 6.57. The van der Waals surface area contributed by atoms with Crippen LogP contribution < -0.4 is 16.2 Å². The maximum atomic E-state index is 10.3. The van der Waals surface area contributed by atoms with Crippen molar-refractivity contribution < 1.29 is 14.5 Å². The van der Waals surface area contributed by atoms with E-state index in [1.807, 2.05) is 18.7 Å². The average Bonchev–Trinajstić information content (AvgIpc) is 2.50. The fourth-order valence-corrected chi connectivity index (χ4v) is 2.54. The molecule has 0 aromatic rings. The Bertz CT molecular complexity index is 326. The molecule has 0 aliphatic rings. The molecule has 0 aliphatic heterocycles. The number of carbonyl (C=O) groups excluding carboxylic acids is 1. The molecule has 0 saturated carbocycles. The van der Waals surface area contributed by atoms with E-state index in [0.717, 1.165) is 31.8 Å². The van der Waals surface area contributed by atoms with Crippen molar-refractivity contribution in [2.24, 2.45) is 5.73 Å². The van der Waals surface area contributed by atoms with E-state index in [9.17, 15) is 9.90 Å². The fourth-order valence-electron chi connectivity index (χ4n) is 2.54. The van der Waals surface area contributed by atoms with Crippen molar-refractivity contribution in [2.75, 3.05) is 20.6 Å². The van der Waals surface area contributed by atoms with Crippen molar-refractivity contribution in [3.63, 3.8) is 0 Å². The summed E-state index contributed by atoms with van der Waals surface area (Å²) in [5.41, 5.74) is 5.78. The summed E-state index contributed by atoms with van der Waals surface area (Å²) in [6.07, 6.45) is 14.8. The normalized spacial score (nSPS) is 10.5. The number of rotatable bonds is 15. The zero-order chi connectivity index (χ0) is 17.3. The topological polar surface area (TPSA) is 81.2 Å². The quantitative estimate of drug-likeness (QED) is 0.209. The standard InChI is InChI=1S/C18H37N3O2/c1-21(2)18(19)20-16-14-12-10-8-6-4-3-5-7-9-11-13-15-17(22)23/h3-16H2,1-2H3,(H3,19,20,22,23). The maximum Gasteiger partial charge on any atom is 0.342 e. The van der Waals surface area contributed by atoms with Gasteiger partial charge in [0.05, 0.1) is 20.6 Å². The first-order chi connectivity index (χ1) is 11.0. The van der Waals surface area contributed by atoms with E-state index in [0.29, 0.717) is 0 Å². The second-order valence-electron chi connectivity index (χ2n) is 6.57. The third-order valence-electron chi connectivity index (χ3n) is 4.10. The lowest BCUT2D eigenvalue weighted by atomic mass is 10.0. The maximum absolute atomic E-state index is 10.3. The van der Waals surface area contributed by atoms with Crippen molar-refractivity contribution in [1.82, 2.24) is 5.32 Å². The van der Waals surface area contributed by atoms with Crippen molar-refractivity contribution in [1.29, 1.82) is 0 Å². The number of hydrogen-bond acceptors (Lipinski definition) is 2. The zero-order valence-corrected chi connectivity index (χ0v) is 15.2. The van der Waals surface area contributed by atoms with E-state index in [2.05, 4.69) is 5.32 Å². The molecule has 0 rings (SSSR count). The lowest BCUT2D eigenvalue weighted by molar-refractivity contribution is -0.467. The number of unbranched alkanes of at least 4 members (excludes halogenated alkanes) is 11. The van der Waals surface area contributed by atoms with Crippen LogP contribution in [-0.2, 0) is 4.79 Å². The van der Waals surface area contributed by atoms with Crippen LogP contribution in [0.3, 0.4) is 0 Å². The highest BCUT2D eigenvalue weighted by Gasteiger charge is 1.99. The molecule has 0 atom stereocenters. The van der Waals surface area contributed by atoms with Crippen LogP contribution in [0.4, 0.5) is 0 Å². The molecule has 0 saturated heterocycles. The highest BCUT2D eigenvalue weighted by atomic mass is 16.4. The van der Waals surface area contributed by atoms with E-state index < -0.39 is 5.97 Å². The first-order valence-electron chi connectivity index (χ1n) is 9.27. The highest BCUT2D eigenvalue weighted by Crippen LogP contribution is 2.12. The Kier molecular flexibility index (Phi) is 14.8. The Morgan fingerprint density at radius 3 is 1.61 bits per heavy atom. The molecule has 0 aromatic carbocycles. The number of carboxylic acids is 1. The van der Waals surface area contributed by atoms with Gasteiger partial charge in [-0.15, -0.1) is 0 Å². The van der Waals surface area contributed by atoms with Crippen molar-refractivity contribution >= 4 is 11.9 Å². The highest BCUT2D eigenvalue weighted by molar-refractivity contribution is 5.72. The molecule has 0 heterocycles. The number of hydrogen-bond donors (Lipinski definition) is 2. The summed E-state index contributed by atoms with van der Waals surface area (Å²) in [4.78, 5) is 10.3. The summed E-state index contributed by atoms with van der Waals surface area (Å²) >= 11 is 0. The Balaban J connectivity index is 3.11. The zero-order valence-electron chi connectivity index (χ0n) is 15.2. The number of carbonyl (C=O) groups is 1. The van der Waals surface area contributed by atoms with E-state index in [-0.39, 0.29) is 6.42 Å². The Labute approximate surface area is 142 Å². The summed E-state index contributed by atoms with van der Waals surface area (Å²) in [5.74, 6) is -0.176. The van der Waals surface area contributed by atoms with Gasteiger partial charge in [-0.2, -0.15) is 0 Å². The molecule has 0 amide bonds. The smallest absolute Gasteiger partial charge is 0.342 e. The Hall–Kier alpha value is -1.26. The van der Waals surface area contributed by atoms with Crippen LogP contribution in [0.15, 0.2) is 0 Å². The van der Waals surface area contributed by atoms with E-state index >= 15 is 0 Å². The minimum atomic E-state index is -0.917. The first kappa shape index (κ1) is 21.7. The van der Waals surface area contributed by atoms with Gasteiger partial charge in [0, 0.05) is 5.97 Å². The second kappa shape index (κ2) is 15.6. The minimum Gasteiger partial charge on any atom is -0.550 e. The summed E-state index contributed by atoms with van der Waals surface area (Å²) in [7, 11) is 3.88. The van der Waals surface area contributed by atoms with Crippen LogP contribution in [0.25, 0.3) is 0 Å². The summed E-state index contributed by atoms with van der Waals surface area (Å²) in [6, 6.07) is 0. The Morgan fingerprint density at radius 1 is 0.826 bits per heavy atom. The predicted octanol–water partition coefficient (Wildman–Crippen LogP) is 1.98. The van der Waals surface area contributed by atoms with Crippen LogP contribution >= 0.6 is 0 Å². The van der Waals surface area contributed by atoms with Crippen LogP contribution in [0.5, 0.6) is 0 Å². The lowest BCUT2D eigenvalue weighted by Gasteiger charge is -2.04. The van der Waals surface area contributed by atoms with Crippen LogP contribution in [0.2, 0.25) is 0 Å². The lowest BCUT2D eigenvalue weighted by Crippen LogP contribution is -2.38. The number of nitrogens with two attached hydrogens (primary N) is 1. The number of carboxylic acid groups (broad SMARTS) is 1. The molecule has 0 bridgehead atoms. The van der Waals surface area contributed by atoms with Gasteiger partial charge in [0.2, 0.25) is 0 Å². The van der Waals surface area contributed by atoms with Gasteiger partial charge < -0.3 is 9.90 Å². The minimum absolute atomic E-state index is 0.218. The van der Waals surface area contributed by atoms with Gasteiger partial charge in [0.25, 0.3) is 0 Å². The van der Waals surface area contributed by atoms with Gasteiger partial charge in [-0.1, -0.05) is 64.2 Å². The van der Waals surface area contributed by atoms with Crippen molar-refractivity contribution in [2.45, 2.75) is 83.5 Å². The van der Waals surface area contributed by atoms with Gasteiger partial charge in [-0.3, -0.25) is 15.6 Å². The number of nitrogens with zero attached hydrogens (tertiary/aromatic N) is 1. The van der Waals surface area contributed by atoms with E-state index in [1.165, 1.54) is 57.8 Å². The molecule has 0 radical (unpaired) electrons. The summed E-state index contributed by atoms with van der Waals surface area (Å²) < 4.78 is 1.89. The van der Waals surface area contributed by atoms with E-state index in [4.69, 9.17) is 5.73 Å². The average molecular weight is 328 g/mol.